The lowest BCUT2D eigenvalue weighted by atomic mass is 9.65. The van der Waals surface area contributed by atoms with Crippen LogP contribution in [0, 0.1) is 16.7 Å². The molecule has 1 unspecified atom stereocenters. The molecule has 0 bridgehead atoms. The average molecular weight is 230 g/mol. The summed E-state index contributed by atoms with van der Waals surface area (Å²) in [5.74, 6) is -2.90. The van der Waals surface area contributed by atoms with Gasteiger partial charge in [-0.25, -0.2) is 0 Å². The second kappa shape index (κ2) is 4.85. The highest BCUT2D eigenvalue weighted by atomic mass is 16.4. The number of rotatable bonds is 5. The summed E-state index contributed by atoms with van der Waals surface area (Å²) in [5, 5.41) is 17.7. The van der Waals surface area contributed by atoms with E-state index < -0.39 is 17.9 Å². The van der Waals surface area contributed by atoms with Gasteiger partial charge in [-0.05, 0) is 17.3 Å². The number of aliphatic carboxylic acids is 2. The molecule has 0 aromatic rings. The van der Waals surface area contributed by atoms with Gasteiger partial charge >= 0.3 is 11.9 Å². The molecule has 1 atom stereocenters. The molecule has 4 heteroatoms. The Morgan fingerprint density at radius 2 is 1.50 bits per heavy atom. The van der Waals surface area contributed by atoms with Crippen LogP contribution in [0.4, 0.5) is 0 Å². The van der Waals surface area contributed by atoms with Gasteiger partial charge in [0, 0.05) is 0 Å². The van der Waals surface area contributed by atoms with Crippen LogP contribution in [0.1, 0.15) is 47.5 Å². The van der Waals surface area contributed by atoms with E-state index in [0.717, 1.165) is 0 Å². The topological polar surface area (TPSA) is 74.6 Å². The van der Waals surface area contributed by atoms with Crippen molar-refractivity contribution in [1.29, 1.82) is 0 Å². The first-order valence-electron chi connectivity index (χ1n) is 5.42. The van der Waals surface area contributed by atoms with E-state index in [9.17, 15) is 9.59 Å². The Bertz CT molecular complexity index is 273. The molecule has 2 N–H and O–H groups in total. The van der Waals surface area contributed by atoms with Gasteiger partial charge in [-0.2, -0.15) is 0 Å². The van der Waals surface area contributed by atoms with Gasteiger partial charge in [0.2, 0.25) is 0 Å². The minimum absolute atomic E-state index is 0.0563. The van der Waals surface area contributed by atoms with E-state index in [-0.39, 0.29) is 17.3 Å². The minimum Gasteiger partial charge on any atom is -0.481 e. The fourth-order valence-corrected chi connectivity index (χ4v) is 1.38. The smallest absolute Gasteiger partial charge is 0.307 e. The van der Waals surface area contributed by atoms with Crippen LogP contribution in [0.15, 0.2) is 0 Å². The van der Waals surface area contributed by atoms with Crippen LogP contribution in [0.2, 0.25) is 0 Å². The van der Waals surface area contributed by atoms with Crippen molar-refractivity contribution in [2.24, 2.45) is 16.7 Å². The summed E-state index contributed by atoms with van der Waals surface area (Å²) < 4.78 is 0. The first-order valence-corrected chi connectivity index (χ1v) is 5.42. The molecule has 0 aromatic heterocycles. The van der Waals surface area contributed by atoms with E-state index in [2.05, 4.69) is 0 Å². The van der Waals surface area contributed by atoms with Crippen LogP contribution in [0.3, 0.4) is 0 Å². The number of carboxylic acid groups (broad SMARTS) is 2. The molecule has 0 amide bonds. The fraction of sp³-hybridized carbons (Fsp3) is 0.833. The Morgan fingerprint density at radius 1 is 1.06 bits per heavy atom. The van der Waals surface area contributed by atoms with Gasteiger partial charge in [0.1, 0.15) is 0 Å². The summed E-state index contributed by atoms with van der Waals surface area (Å²) in [5.41, 5.74) is -0.273. The van der Waals surface area contributed by atoms with Gasteiger partial charge in [0.25, 0.3) is 0 Å². The van der Waals surface area contributed by atoms with Crippen LogP contribution in [-0.4, -0.2) is 22.2 Å². The summed E-state index contributed by atoms with van der Waals surface area (Å²) in [6, 6.07) is 0. The van der Waals surface area contributed by atoms with E-state index in [1.807, 2.05) is 34.6 Å². The SMILES string of the molecule is CC(C)(C)C(C)(C)CC(CC(=O)O)C(=O)O. The fourth-order valence-electron chi connectivity index (χ4n) is 1.38. The molecule has 0 radical (unpaired) electrons. The molecule has 0 rings (SSSR count). The first-order chi connectivity index (χ1) is 6.97. The molecule has 0 heterocycles. The highest BCUT2D eigenvalue weighted by Gasteiger charge is 2.37. The second-order valence-corrected chi connectivity index (χ2v) is 5.97. The third-order valence-electron chi connectivity index (χ3n) is 3.56. The van der Waals surface area contributed by atoms with Gasteiger partial charge in [0.05, 0.1) is 12.3 Å². The lowest BCUT2D eigenvalue weighted by Gasteiger charge is -2.40. The van der Waals surface area contributed by atoms with E-state index in [0.29, 0.717) is 6.42 Å². The van der Waals surface area contributed by atoms with Crippen LogP contribution in [-0.2, 0) is 9.59 Å². The van der Waals surface area contributed by atoms with E-state index in [4.69, 9.17) is 10.2 Å². The minimum atomic E-state index is -1.06. The van der Waals surface area contributed by atoms with Gasteiger partial charge in [-0.3, -0.25) is 9.59 Å². The van der Waals surface area contributed by atoms with Crippen molar-refractivity contribution in [2.75, 3.05) is 0 Å². The Morgan fingerprint density at radius 3 is 1.75 bits per heavy atom. The molecule has 0 fully saturated rings. The van der Waals surface area contributed by atoms with Crippen molar-refractivity contribution >= 4 is 11.9 Å². The maximum absolute atomic E-state index is 11.0. The molecule has 0 aliphatic rings. The van der Waals surface area contributed by atoms with Gasteiger partial charge in [-0.1, -0.05) is 34.6 Å². The van der Waals surface area contributed by atoms with Crippen molar-refractivity contribution in [3.8, 4) is 0 Å². The molecule has 4 nitrogen and oxygen atoms in total. The Hall–Kier alpha value is -1.06. The lowest BCUT2D eigenvalue weighted by molar-refractivity contribution is -0.150. The summed E-state index contributed by atoms with van der Waals surface area (Å²) in [6.45, 7) is 10.1. The molecule has 0 spiro atoms. The van der Waals surface area contributed by atoms with Crippen LogP contribution in [0.25, 0.3) is 0 Å². The zero-order valence-corrected chi connectivity index (χ0v) is 10.7. The van der Waals surface area contributed by atoms with Crippen LogP contribution < -0.4 is 0 Å². The zero-order chi connectivity index (χ0) is 13.1. The second-order valence-electron chi connectivity index (χ2n) is 5.97. The third-order valence-corrected chi connectivity index (χ3v) is 3.56. The van der Waals surface area contributed by atoms with Crippen molar-refractivity contribution in [3.63, 3.8) is 0 Å². The molecule has 0 aromatic carbocycles. The predicted molar refractivity (Wildman–Crippen MR) is 61.2 cm³/mol. The van der Waals surface area contributed by atoms with Crippen LogP contribution in [0.5, 0.6) is 0 Å². The van der Waals surface area contributed by atoms with Gasteiger partial charge in [-0.15, -0.1) is 0 Å². The maximum Gasteiger partial charge on any atom is 0.307 e. The molecule has 0 saturated heterocycles. The number of hydrogen-bond donors (Lipinski definition) is 2. The van der Waals surface area contributed by atoms with E-state index >= 15 is 0 Å². The first kappa shape index (κ1) is 14.9. The van der Waals surface area contributed by atoms with Crippen molar-refractivity contribution in [1.82, 2.24) is 0 Å². The number of carboxylic acids is 2. The standard InChI is InChI=1S/C12H22O4/c1-11(2,3)12(4,5)7-8(10(15)16)6-9(13)14/h8H,6-7H2,1-5H3,(H,13,14)(H,15,16). The third kappa shape index (κ3) is 4.21. The molecule has 0 aliphatic carbocycles. The monoisotopic (exact) mass is 230 g/mol. The quantitative estimate of drug-likeness (QED) is 0.761. The average Bonchev–Trinajstić information content (AvgIpc) is 1.98. The zero-order valence-electron chi connectivity index (χ0n) is 10.7. The predicted octanol–water partition coefficient (Wildman–Crippen LogP) is 2.62. The Balaban J connectivity index is 4.76. The van der Waals surface area contributed by atoms with Gasteiger partial charge in [0.15, 0.2) is 0 Å². The van der Waals surface area contributed by atoms with Crippen LogP contribution >= 0.6 is 0 Å². The molecular formula is C12H22O4. The Kier molecular flexibility index (Phi) is 4.53. The van der Waals surface area contributed by atoms with Crippen molar-refractivity contribution < 1.29 is 19.8 Å². The largest absolute Gasteiger partial charge is 0.481 e. The van der Waals surface area contributed by atoms with Crippen molar-refractivity contribution in [2.45, 2.75) is 47.5 Å². The van der Waals surface area contributed by atoms with E-state index in [1.54, 1.807) is 0 Å². The van der Waals surface area contributed by atoms with Crippen molar-refractivity contribution in [3.05, 3.63) is 0 Å². The Labute approximate surface area is 96.7 Å². The summed E-state index contributed by atoms with van der Waals surface area (Å²) in [4.78, 5) is 21.6. The summed E-state index contributed by atoms with van der Waals surface area (Å²) in [7, 11) is 0. The molecular weight excluding hydrogens is 208 g/mol. The number of carbonyl (C=O) groups is 2. The highest BCUT2D eigenvalue weighted by molar-refractivity contribution is 5.77. The highest BCUT2D eigenvalue weighted by Crippen LogP contribution is 2.43. The molecule has 0 aliphatic heterocycles. The maximum atomic E-state index is 11.0. The molecule has 16 heavy (non-hydrogen) atoms. The summed E-state index contributed by atoms with van der Waals surface area (Å²) in [6.07, 6.45) is 0.0625. The molecule has 0 saturated carbocycles. The lowest BCUT2D eigenvalue weighted by Crippen LogP contribution is -2.34. The normalized spacial score (nSPS) is 14.6. The molecule has 94 valence electrons. The summed E-state index contributed by atoms with van der Waals surface area (Å²) >= 11 is 0. The van der Waals surface area contributed by atoms with E-state index in [1.165, 1.54) is 0 Å². The number of hydrogen-bond acceptors (Lipinski definition) is 2. The van der Waals surface area contributed by atoms with Gasteiger partial charge < -0.3 is 10.2 Å².